The van der Waals surface area contributed by atoms with Crippen LogP contribution in [0.5, 0.6) is 0 Å². The van der Waals surface area contributed by atoms with E-state index in [1.165, 1.54) is 19.3 Å². The molecular weight excluding hydrogens is 266 g/mol. The second kappa shape index (κ2) is 5.47. The van der Waals surface area contributed by atoms with E-state index in [-0.39, 0.29) is 29.7 Å². The maximum atomic E-state index is 12.9. The van der Waals surface area contributed by atoms with Gasteiger partial charge >= 0.3 is 5.97 Å². The normalized spacial score (nSPS) is 41.2. The first-order chi connectivity index (χ1) is 10.0. The highest BCUT2D eigenvalue weighted by molar-refractivity contribution is 5.87. The number of fused-ring (bicyclic) bond motifs is 2. The van der Waals surface area contributed by atoms with Crippen LogP contribution in [0.3, 0.4) is 0 Å². The third kappa shape index (κ3) is 2.39. The molecule has 0 aliphatic heterocycles. The summed E-state index contributed by atoms with van der Waals surface area (Å²) in [6.07, 6.45) is 9.53. The molecule has 4 heteroatoms. The number of allylic oxidation sites excluding steroid dienone is 2. The minimum atomic E-state index is -0.810. The van der Waals surface area contributed by atoms with Crippen LogP contribution in [0.25, 0.3) is 0 Å². The Labute approximate surface area is 126 Å². The Morgan fingerprint density at radius 3 is 2.33 bits per heavy atom. The van der Waals surface area contributed by atoms with Gasteiger partial charge in [-0.3, -0.25) is 9.59 Å². The van der Waals surface area contributed by atoms with Crippen molar-refractivity contribution in [2.24, 2.45) is 29.6 Å². The SMILES string of the molecule is CC1CCCCC1N(C)C(=O)[C@H]1C2C=CC(C2)[C@H]1C(=O)O. The summed E-state index contributed by atoms with van der Waals surface area (Å²) in [5, 5.41) is 9.49. The van der Waals surface area contributed by atoms with Crippen molar-refractivity contribution in [3.05, 3.63) is 12.2 Å². The molecule has 0 spiro atoms. The molecule has 4 unspecified atom stereocenters. The van der Waals surface area contributed by atoms with Gasteiger partial charge in [0, 0.05) is 13.1 Å². The Kier molecular flexibility index (Phi) is 3.80. The topological polar surface area (TPSA) is 57.6 Å². The fourth-order valence-electron chi connectivity index (χ4n) is 4.77. The van der Waals surface area contributed by atoms with Crippen molar-refractivity contribution >= 4 is 11.9 Å². The zero-order valence-electron chi connectivity index (χ0n) is 12.9. The largest absolute Gasteiger partial charge is 0.481 e. The van der Waals surface area contributed by atoms with E-state index in [1.807, 2.05) is 18.0 Å². The number of carboxylic acids is 1. The number of carbonyl (C=O) groups is 2. The molecule has 0 aromatic carbocycles. The molecule has 0 saturated heterocycles. The first kappa shape index (κ1) is 14.6. The highest BCUT2D eigenvalue weighted by Crippen LogP contribution is 2.49. The van der Waals surface area contributed by atoms with Crippen LogP contribution in [-0.2, 0) is 9.59 Å². The van der Waals surface area contributed by atoms with E-state index in [4.69, 9.17) is 0 Å². The van der Waals surface area contributed by atoms with Crippen molar-refractivity contribution in [2.45, 2.75) is 45.1 Å². The lowest BCUT2D eigenvalue weighted by Gasteiger charge is -2.39. The fourth-order valence-corrected chi connectivity index (χ4v) is 4.77. The predicted octanol–water partition coefficient (Wildman–Crippen LogP) is 2.55. The number of carboxylic acid groups (broad SMARTS) is 1. The van der Waals surface area contributed by atoms with Crippen molar-refractivity contribution in [3.63, 3.8) is 0 Å². The van der Waals surface area contributed by atoms with Gasteiger partial charge in [-0.25, -0.2) is 0 Å². The molecule has 0 radical (unpaired) electrons. The van der Waals surface area contributed by atoms with E-state index in [0.29, 0.717) is 5.92 Å². The third-order valence-corrected chi connectivity index (χ3v) is 5.94. The molecule has 21 heavy (non-hydrogen) atoms. The van der Waals surface area contributed by atoms with Crippen molar-refractivity contribution in [1.29, 1.82) is 0 Å². The molecule has 3 aliphatic rings. The Morgan fingerprint density at radius 2 is 1.71 bits per heavy atom. The van der Waals surface area contributed by atoms with Crippen LogP contribution >= 0.6 is 0 Å². The fraction of sp³-hybridized carbons (Fsp3) is 0.765. The molecule has 1 N–H and O–H groups in total. The Bertz CT molecular complexity index is 473. The van der Waals surface area contributed by atoms with Gasteiger partial charge in [-0.1, -0.05) is 31.9 Å². The second-order valence-electron chi connectivity index (χ2n) is 7.12. The van der Waals surface area contributed by atoms with Crippen molar-refractivity contribution in [3.8, 4) is 0 Å². The lowest BCUT2D eigenvalue weighted by atomic mass is 9.80. The summed E-state index contributed by atoms with van der Waals surface area (Å²) in [5.74, 6) is -0.924. The smallest absolute Gasteiger partial charge is 0.307 e. The van der Waals surface area contributed by atoms with Crippen LogP contribution in [-0.4, -0.2) is 35.0 Å². The molecule has 4 nitrogen and oxygen atoms in total. The zero-order valence-corrected chi connectivity index (χ0v) is 12.9. The molecular formula is C17H25NO3. The lowest BCUT2D eigenvalue weighted by molar-refractivity contribution is -0.152. The van der Waals surface area contributed by atoms with E-state index in [9.17, 15) is 14.7 Å². The average molecular weight is 291 g/mol. The summed E-state index contributed by atoms with van der Waals surface area (Å²) in [7, 11) is 1.88. The van der Waals surface area contributed by atoms with E-state index in [1.54, 1.807) is 0 Å². The van der Waals surface area contributed by atoms with Crippen molar-refractivity contribution < 1.29 is 14.7 Å². The molecule has 0 aromatic rings. The lowest BCUT2D eigenvalue weighted by Crippen LogP contribution is -2.48. The number of carbonyl (C=O) groups excluding carboxylic acids is 1. The van der Waals surface area contributed by atoms with Gasteiger partial charge in [0.1, 0.15) is 0 Å². The maximum absolute atomic E-state index is 12.9. The third-order valence-electron chi connectivity index (χ3n) is 5.94. The molecule has 2 saturated carbocycles. The molecule has 116 valence electrons. The highest BCUT2D eigenvalue weighted by Gasteiger charge is 2.52. The summed E-state index contributed by atoms with van der Waals surface area (Å²) >= 11 is 0. The van der Waals surface area contributed by atoms with Gasteiger partial charge in [0.25, 0.3) is 0 Å². The summed E-state index contributed by atoms with van der Waals surface area (Å²) in [6.45, 7) is 2.21. The van der Waals surface area contributed by atoms with Gasteiger partial charge in [0.2, 0.25) is 5.91 Å². The molecule has 2 bridgehead atoms. The summed E-state index contributed by atoms with van der Waals surface area (Å²) in [4.78, 5) is 26.4. The van der Waals surface area contributed by atoms with Crippen LogP contribution in [0.2, 0.25) is 0 Å². The van der Waals surface area contributed by atoms with E-state index >= 15 is 0 Å². The maximum Gasteiger partial charge on any atom is 0.307 e. The molecule has 0 aromatic heterocycles. The van der Waals surface area contributed by atoms with Crippen LogP contribution < -0.4 is 0 Å². The van der Waals surface area contributed by atoms with Crippen LogP contribution in [0.15, 0.2) is 12.2 Å². The minimum Gasteiger partial charge on any atom is -0.481 e. The number of rotatable bonds is 3. The van der Waals surface area contributed by atoms with E-state index in [0.717, 1.165) is 12.8 Å². The number of amides is 1. The highest BCUT2D eigenvalue weighted by atomic mass is 16.4. The number of aliphatic carboxylic acids is 1. The standard InChI is InChI=1S/C17H25NO3/c1-10-5-3-4-6-13(10)18(2)16(19)14-11-7-8-12(9-11)15(14)17(20)21/h7-8,10-15H,3-6,9H2,1-2H3,(H,20,21)/t10?,11?,12?,13?,14-,15+/m0/s1. The first-order valence-corrected chi connectivity index (χ1v) is 8.18. The number of hydrogen-bond acceptors (Lipinski definition) is 2. The Hall–Kier alpha value is -1.32. The summed E-state index contributed by atoms with van der Waals surface area (Å²) < 4.78 is 0. The predicted molar refractivity (Wildman–Crippen MR) is 79.5 cm³/mol. The number of hydrogen-bond donors (Lipinski definition) is 1. The van der Waals surface area contributed by atoms with Crippen LogP contribution in [0.1, 0.15) is 39.0 Å². The molecule has 3 rings (SSSR count). The molecule has 1 amide bonds. The molecule has 2 fully saturated rings. The van der Waals surface area contributed by atoms with Crippen molar-refractivity contribution in [2.75, 3.05) is 7.05 Å². The Morgan fingerprint density at radius 1 is 1.10 bits per heavy atom. The van der Waals surface area contributed by atoms with Gasteiger partial charge in [-0.15, -0.1) is 0 Å². The van der Waals surface area contributed by atoms with Gasteiger partial charge < -0.3 is 10.0 Å². The first-order valence-electron chi connectivity index (χ1n) is 8.18. The van der Waals surface area contributed by atoms with Crippen molar-refractivity contribution in [1.82, 2.24) is 4.90 Å². The van der Waals surface area contributed by atoms with Crippen LogP contribution in [0, 0.1) is 29.6 Å². The van der Waals surface area contributed by atoms with Gasteiger partial charge in [-0.05, 0) is 37.0 Å². The van der Waals surface area contributed by atoms with Gasteiger partial charge in [0.05, 0.1) is 11.8 Å². The van der Waals surface area contributed by atoms with E-state index in [2.05, 4.69) is 13.0 Å². The van der Waals surface area contributed by atoms with Gasteiger partial charge in [-0.2, -0.15) is 0 Å². The Balaban J connectivity index is 1.77. The van der Waals surface area contributed by atoms with Gasteiger partial charge in [0.15, 0.2) is 0 Å². The summed E-state index contributed by atoms with van der Waals surface area (Å²) in [6, 6.07) is 0.281. The monoisotopic (exact) mass is 291 g/mol. The van der Waals surface area contributed by atoms with E-state index < -0.39 is 11.9 Å². The average Bonchev–Trinajstić information content (AvgIpc) is 3.06. The number of nitrogens with zero attached hydrogens (tertiary/aromatic N) is 1. The molecule has 3 aliphatic carbocycles. The quantitative estimate of drug-likeness (QED) is 0.813. The van der Waals surface area contributed by atoms with Crippen LogP contribution in [0.4, 0.5) is 0 Å². The molecule has 6 atom stereocenters. The molecule has 0 heterocycles. The zero-order chi connectivity index (χ0) is 15.1. The second-order valence-corrected chi connectivity index (χ2v) is 7.12. The minimum absolute atomic E-state index is 0.0537. The summed E-state index contributed by atoms with van der Waals surface area (Å²) in [5.41, 5.74) is 0.